The molecule has 0 bridgehead atoms. The van der Waals surface area contributed by atoms with Gasteiger partial charge < -0.3 is 18.2 Å². The highest BCUT2D eigenvalue weighted by atomic mass is 32.2. The lowest BCUT2D eigenvalue weighted by molar-refractivity contribution is -0.693. The van der Waals surface area contributed by atoms with Crippen LogP contribution in [0.25, 0.3) is 32.3 Å². The lowest BCUT2D eigenvalue weighted by atomic mass is 9.94. The van der Waals surface area contributed by atoms with Crippen molar-refractivity contribution in [2.75, 3.05) is 0 Å². The molecule has 0 saturated heterocycles. The molecule has 0 N–H and O–H groups in total. The minimum Gasteiger partial charge on any atom is -0.744 e. The summed E-state index contributed by atoms with van der Waals surface area (Å²) in [7, 11) is -21.6. The molecule has 0 radical (unpaired) electrons. The number of nitrogens with zero attached hydrogens (tertiary/aromatic N) is 4. The summed E-state index contributed by atoms with van der Waals surface area (Å²) in [5.41, 5.74) is 0. The van der Waals surface area contributed by atoms with E-state index >= 15 is 0 Å². The zero-order chi connectivity index (χ0) is 47.3. The van der Waals surface area contributed by atoms with Gasteiger partial charge in [0.1, 0.15) is 66.7 Å². The molecule has 4 aromatic heterocycles. The number of aryl methyl sites for hydroxylation is 4. The summed E-state index contributed by atoms with van der Waals surface area (Å²) < 4.78 is 150. The molecule has 64 heavy (non-hydrogen) atoms. The fourth-order valence-electron chi connectivity index (χ4n) is 6.27. The number of benzene rings is 4. The van der Waals surface area contributed by atoms with E-state index in [9.17, 15) is 51.9 Å². The number of pyridine rings is 4. The first-order valence-corrected chi connectivity index (χ1v) is 25.2. The SMILES string of the molecule is CC[n+]1ccccc1.CC[n+]1ccccc1.CC[n+]1ccccc1.CC[n+]1ccccc1.O=S(=O)([O-])c1cc(S(=O)(=O)[O-])c2ccc3c(S(=O)(=O)[O-])cc(S(=O)(=O)[O-])c4ccc1c2c43. The fraction of sp³-hybridized carbons (Fsp3) is 0.182. The Morgan fingerprint density at radius 3 is 0.625 bits per heavy atom. The van der Waals surface area contributed by atoms with Gasteiger partial charge in [-0.3, -0.25) is 0 Å². The number of hydrogen-bond donors (Lipinski definition) is 0. The molecule has 0 aliphatic carbocycles. The second-order valence-electron chi connectivity index (χ2n) is 13.5. The highest BCUT2D eigenvalue weighted by Crippen LogP contribution is 2.44. The Morgan fingerprint density at radius 1 is 0.328 bits per heavy atom. The maximum atomic E-state index is 11.8. The lowest BCUT2D eigenvalue weighted by Gasteiger charge is -2.23. The molecule has 0 saturated carbocycles. The molecule has 0 aliphatic rings. The van der Waals surface area contributed by atoms with Gasteiger partial charge in [-0.25, -0.2) is 51.9 Å². The third-order valence-corrected chi connectivity index (χ3v) is 12.9. The van der Waals surface area contributed by atoms with Crippen molar-refractivity contribution in [1.29, 1.82) is 0 Å². The van der Waals surface area contributed by atoms with Crippen LogP contribution in [-0.4, -0.2) is 51.9 Å². The predicted molar refractivity (Wildman–Crippen MR) is 231 cm³/mol. The van der Waals surface area contributed by atoms with Crippen LogP contribution in [0.15, 0.2) is 178 Å². The Hall–Kier alpha value is -5.84. The number of aromatic nitrogens is 4. The van der Waals surface area contributed by atoms with Crippen LogP contribution >= 0.6 is 0 Å². The molecular weight excluding hydrogens is 905 g/mol. The van der Waals surface area contributed by atoms with Crippen LogP contribution in [0.3, 0.4) is 0 Å². The van der Waals surface area contributed by atoms with Gasteiger partial charge in [0.15, 0.2) is 49.6 Å². The first-order chi connectivity index (χ1) is 30.1. The summed E-state index contributed by atoms with van der Waals surface area (Å²) in [6.45, 7) is 12.7. The third kappa shape index (κ3) is 13.6. The van der Waals surface area contributed by atoms with Crippen molar-refractivity contribution in [2.24, 2.45) is 0 Å². The third-order valence-electron chi connectivity index (χ3n) is 9.39. The van der Waals surface area contributed by atoms with Crippen LogP contribution in [0.4, 0.5) is 0 Å². The van der Waals surface area contributed by atoms with E-state index in [1.165, 1.54) is 0 Å². The van der Waals surface area contributed by atoms with E-state index in [0.717, 1.165) is 50.4 Å². The van der Waals surface area contributed by atoms with Crippen molar-refractivity contribution in [3.8, 4) is 0 Å². The fourth-order valence-corrected chi connectivity index (χ4v) is 9.23. The van der Waals surface area contributed by atoms with Crippen molar-refractivity contribution in [3.05, 3.63) is 159 Å². The van der Waals surface area contributed by atoms with E-state index in [1.807, 2.05) is 72.8 Å². The van der Waals surface area contributed by atoms with Crippen molar-refractivity contribution in [3.63, 3.8) is 0 Å². The Bertz CT molecular complexity index is 2810. The topological polar surface area (TPSA) is 244 Å². The normalized spacial score (nSPS) is 11.6. The molecule has 0 atom stereocenters. The second kappa shape index (κ2) is 22.2. The molecule has 0 amide bonds. The molecule has 8 rings (SSSR count). The van der Waals surface area contributed by atoms with E-state index in [0.29, 0.717) is 12.1 Å². The Morgan fingerprint density at radius 2 is 0.500 bits per heavy atom. The molecule has 4 aromatic carbocycles. The quantitative estimate of drug-likeness (QED) is 0.118. The number of hydrogen-bond acceptors (Lipinski definition) is 12. The van der Waals surface area contributed by atoms with Crippen molar-refractivity contribution in [2.45, 2.75) is 73.5 Å². The molecule has 0 aliphatic heterocycles. The number of rotatable bonds is 8. The van der Waals surface area contributed by atoms with Crippen LogP contribution < -0.4 is 18.3 Å². The molecule has 0 unspecified atom stereocenters. The molecule has 0 fully saturated rings. The highest BCUT2D eigenvalue weighted by molar-refractivity contribution is 7.87. The smallest absolute Gasteiger partial charge is 0.168 e. The van der Waals surface area contributed by atoms with Gasteiger partial charge >= 0.3 is 0 Å². The van der Waals surface area contributed by atoms with Gasteiger partial charge in [0.05, 0.1) is 19.6 Å². The molecule has 0 spiro atoms. The van der Waals surface area contributed by atoms with Gasteiger partial charge in [-0.15, -0.1) is 0 Å². The van der Waals surface area contributed by atoms with Crippen LogP contribution in [-0.2, 0) is 66.7 Å². The molecule has 4 heterocycles. The Balaban J connectivity index is 0.000000223. The van der Waals surface area contributed by atoms with Gasteiger partial charge in [-0.05, 0) is 50.6 Å². The summed E-state index contributed by atoms with van der Waals surface area (Å²) >= 11 is 0. The summed E-state index contributed by atoms with van der Waals surface area (Å²) in [5.74, 6) is 0. The van der Waals surface area contributed by atoms with E-state index in [-0.39, 0.29) is 0 Å². The van der Waals surface area contributed by atoms with Crippen molar-refractivity contribution in [1.82, 2.24) is 0 Å². The van der Waals surface area contributed by atoms with Gasteiger partial charge in [0.2, 0.25) is 0 Å². The second-order valence-corrected chi connectivity index (χ2v) is 18.8. The van der Waals surface area contributed by atoms with Crippen LogP contribution in [0.5, 0.6) is 0 Å². The van der Waals surface area contributed by atoms with E-state index in [2.05, 4.69) is 95.5 Å². The average molecular weight is 951 g/mol. The minimum absolute atomic E-state index is 0.336. The van der Waals surface area contributed by atoms with Crippen molar-refractivity contribution >= 4 is 72.8 Å². The van der Waals surface area contributed by atoms with Crippen LogP contribution in [0, 0.1) is 0 Å². The largest absolute Gasteiger partial charge is 0.744 e. The van der Waals surface area contributed by atoms with Gasteiger partial charge in [-0.2, -0.15) is 0 Å². The van der Waals surface area contributed by atoms with E-state index < -0.39 is 92.4 Å². The minimum atomic E-state index is -5.40. The predicted octanol–water partition coefficient (Wildman–Crippen LogP) is 4.18. The van der Waals surface area contributed by atoms with Crippen LogP contribution in [0.2, 0.25) is 0 Å². The standard InChI is InChI=1S/C16H10O12S4.4C7H10N/c17-29(18,19)11-5-13(31(23,24)25)9-3-4-10-14(32(26,27)28)6-12(30(20,21)22)8-2-1-7(11)15(9)16(8)10;4*1-2-8-6-4-3-5-7-8/h1-6H,(H,17,18,19)(H,20,21,22)(H,23,24,25)(H,26,27,28);4*3-7H,2H2,1H3/q;4*+1/p-4. The first kappa shape index (κ1) is 50.8. The van der Waals surface area contributed by atoms with Gasteiger partial charge in [0, 0.05) is 70.1 Å². The average Bonchev–Trinajstić information content (AvgIpc) is 3.28. The van der Waals surface area contributed by atoms with E-state index in [4.69, 9.17) is 0 Å². The Kier molecular flexibility index (Phi) is 17.6. The zero-order valence-corrected chi connectivity index (χ0v) is 38.4. The highest BCUT2D eigenvalue weighted by Gasteiger charge is 2.24. The molecular formula is C44H46N4O12S4. The van der Waals surface area contributed by atoms with Gasteiger partial charge in [0.25, 0.3) is 0 Å². The van der Waals surface area contributed by atoms with Crippen LogP contribution in [0.1, 0.15) is 27.7 Å². The molecule has 16 nitrogen and oxygen atoms in total. The van der Waals surface area contributed by atoms with E-state index in [1.54, 1.807) is 0 Å². The zero-order valence-electron chi connectivity index (χ0n) is 35.2. The van der Waals surface area contributed by atoms with Crippen molar-refractivity contribution < 1.29 is 70.2 Å². The summed E-state index contributed by atoms with van der Waals surface area (Å²) in [4.78, 5) is -4.63. The summed E-state index contributed by atoms with van der Waals surface area (Å²) in [6.07, 6.45) is 16.4. The monoisotopic (exact) mass is 950 g/mol. The maximum absolute atomic E-state index is 11.8. The maximum Gasteiger partial charge on any atom is 0.168 e. The summed E-state index contributed by atoms with van der Waals surface area (Å²) in [5, 5.41) is -2.90. The first-order valence-electron chi connectivity index (χ1n) is 19.5. The van der Waals surface area contributed by atoms with Gasteiger partial charge in [-0.1, -0.05) is 48.5 Å². The molecule has 20 heteroatoms. The molecule has 338 valence electrons. The lowest BCUT2D eigenvalue weighted by Crippen LogP contribution is -2.30. The summed E-state index contributed by atoms with van der Waals surface area (Å²) in [6, 6.07) is 28.6. The Labute approximate surface area is 373 Å². The molecule has 8 aromatic rings.